The second-order valence-corrected chi connectivity index (χ2v) is 6.90. The number of carbonyl (C=O) groups excluding carboxylic acids is 2. The molecule has 0 bridgehead atoms. The third-order valence-corrected chi connectivity index (χ3v) is 4.54. The highest BCUT2D eigenvalue weighted by Gasteiger charge is 2.34. The van der Waals surface area contributed by atoms with E-state index in [0.29, 0.717) is 6.42 Å². The first kappa shape index (κ1) is 22.4. The number of hydrogen-bond donors (Lipinski definition) is 1. The molecule has 1 N–H and O–H groups in total. The van der Waals surface area contributed by atoms with E-state index < -0.39 is 35.9 Å². The van der Waals surface area contributed by atoms with E-state index in [1.54, 1.807) is 17.1 Å². The van der Waals surface area contributed by atoms with E-state index in [9.17, 15) is 22.8 Å². The van der Waals surface area contributed by atoms with Crippen LogP contribution >= 0.6 is 11.6 Å². The highest BCUT2D eigenvalue weighted by Crippen LogP contribution is 2.38. The predicted molar refractivity (Wildman–Crippen MR) is 108 cm³/mol. The van der Waals surface area contributed by atoms with Gasteiger partial charge < -0.3 is 10.1 Å². The van der Waals surface area contributed by atoms with E-state index in [1.165, 1.54) is 6.07 Å². The zero-order chi connectivity index (χ0) is 22.4. The molecule has 3 aromatic rings. The summed E-state index contributed by atoms with van der Waals surface area (Å²) < 4.78 is 45.7. The van der Waals surface area contributed by atoms with E-state index in [-0.39, 0.29) is 11.4 Å². The fourth-order valence-corrected chi connectivity index (χ4v) is 2.96. The number of ether oxygens (including phenoxy) is 1. The molecule has 0 aliphatic heterocycles. The summed E-state index contributed by atoms with van der Waals surface area (Å²) in [5, 5.41) is 6.00. The number of aromatic nitrogens is 2. The zero-order valence-corrected chi connectivity index (χ0v) is 16.8. The molecule has 0 saturated heterocycles. The normalized spacial score (nSPS) is 11.2. The Morgan fingerprint density at radius 3 is 2.55 bits per heavy atom. The van der Waals surface area contributed by atoms with Crippen LogP contribution in [0.25, 0.3) is 5.69 Å². The lowest BCUT2D eigenvalue weighted by atomic mass is 10.1. The van der Waals surface area contributed by atoms with Crippen LogP contribution in [-0.2, 0) is 26.9 Å². The molecule has 3 rings (SSSR count). The molecule has 1 amide bonds. The van der Waals surface area contributed by atoms with Crippen LogP contribution in [-0.4, -0.2) is 28.3 Å². The number of amides is 1. The maximum Gasteiger partial charge on any atom is 0.418 e. The third-order valence-electron chi connectivity index (χ3n) is 4.22. The summed E-state index contributed by atoms with van der Waals surface area (Å²) >= 11 is 5.78. The van der Waals surface area contributed by atoms with Gasteiger partial charge in [-0.15, -0.1) is 0 Å². The summed E-state index contributed by atoms with van der Waals surface area (Å²) in [5.41, 5.74) is -0.0110. The SMILES string of the molecule is O=C(COC(=O)CCc1cnn(-c2ccccc2)c1)Nc1c(Cl)cccc1C(F)(F)F. The van der Waals surface area contributed by atoms with Crippen molar-refractivity contribution in [2.45, 2.75) is 19.0 Å². The van der Waals surface area contributed by atoms with Crippen molar-refractivity contribution in [3.63, 3.8) is 0 Å². The predicted octanol–water partition coefficient (Wildman–Crippen LogP) is 4.66. The molecular formula is C21H17ClF3N3O3. The quantitative estimate of drug-likeness (QED) is 0.530. The van der Waals surface area contributed by atoms with E-state index >= 15 is 0 Å². The average molecular weight is 452 g/mol. The van der Waals surface area contributed by atoms with Crippen LogP contribution in [0.3, 0.4) is 0 Å². The summed E-state index contributed by atoms with van der Waals surface area (Å²) in [6, 6.07) is 12.5. The number of rotatable bonds is 7. The number of para-hydroxylation sites is 2. The molecule has 6 nitrogen and oxygen atoms in total. The lowest BCUT2D eigenvalue weighted by Gasteiger charge is -2.15. The van der Waals surface area contributed by atoms with Gasteiger partial charge in [0.15, 0.2) is 6.61 Å². The van der Waals surface area contributed by atoms with Crippen molar-refractivity contribution >= 4 is 29.2 Å². The van der Waals surface area contributed by atoms with Gasteiger partial charge in [-0.25, -0.2) is 4.68 Å². The molecule has 1 heterocycles. The Hall–Kier alpha value is -3.33. The number of carbonyl (C=O) groups is 2. The summed E-state index contributed by atoms with van der Waals surface area (Å²) in [6.45, 7) is -0.732. The Morgan fingerprint density at radius 2 is 1.84 bits per heavy atom. The van der Waals surface area contributed by atoms with Gasteiger partial charge in [-0.1, -0.05) is 35.9 Å². The van der Waals surface area contributed by atoms with Crippen molar-refractivity contribution in [1.29, 1.82) is 0 Å². The van der Waals surface area contributed by atoms with Crippen molar-refractivity contribution in [2.75, 3.05) is 11.9 Å². The molecule has 0 unspecified atom stereocenters. The van der Waals surface area contributed by atoms with Crippen molar-refractivity contribution in [3.8, 4) is 5.69 Å². The topological polar surface area (TPSA) is 73.2 Å². The lowest BCUT2D eigenvalue weighted by Crippen LogP contribution is -2.23. The Labute approximate surface area is 180 Å². The minimum atomic E-state index is -4.70. The van der Waals surface area contributed by atoms with E-state index in [4.69, 9.17) is 16.3 Å². The molecule has 0 saturated carbocycles. The first-order chi connectivity index (χ1) is 14.7. The summed E-state index contributed by atoms with van der Waals surface area (Å²) in [5.74, 6) is -1.60. The number of aryl methyl sites for hydroxylation is 1. The fraction of sp³-hybridized carbons (Fsp3) is 0.190. The molecule has 0 fully saturated rings. The number of hydrogen-bond acceptors (Lipinski definition) is 4. The molecule has 1 aromatic heterocycles. The number of esters is 1. The average Bonchev–Trinajstić information content (AvgIpc) is 3.21. The number of halogens is 4. The van der Waals surface area contributed by atoms with Crippen molar-refractivity contribution in [3.05, 3.63) is 77.1 Å². The molecular weight excluding hydrogens is 435 g/mol. The van der Waals surface area contributed by atoms with Crippen LogP contribution in [0.15, 0.2) is 60.9 Å². The number of anilines is 1. The smallest absolute Gasteiger partial charge is 0.418 e. The molecule has 0 aliphatic rings. The number of alkyl halides is 3. The van der Waals surface area contributed by atoms with Crippen LogP contribution in [0.2, 0.25) is 5.02 Å². The van der Waals surface area contributed by atoms with Crippen molar-refractivity contribution in [1.82, 2.24) is 9.78 Å². The first-order valence-corrected chi connectivity index (χ1v) is 9.52. The van der Waals surface area contributed by atoms with Crippen LogP contribution < -0.4 is 5.32 Å². The van der Waals surface area contributed by atoms with Gasteiger partial charge in [0, 0.05) is 12.6 Å². The number of nitrogens with one attached hydrogen (secondary N) is 1. The van der Waals surface area contributed by atoms with Gasteiger partial charge in [-0.3, -0.25) is 9.59 Å². The molecule has 0 atom stereocenters. The third kappa shape index (κ3) is 6.08. The van der Waals surface area contributed by atoms with Crippen LogP contribution in [0.4, 0.5) is 18.9 Å². The largest absolute Gasteiger partial charge is 0.456 e. The van der Waals surface area contributed by atoms with Gasteiger partial charge in [0.05, 0.1) is 28.2 Å². The highest BCUT2D eigenvalue weighted by atomic mass is 35.5. The molecule has 2 aromatic carbocycles. The van der Waals surface area contributed by atoms with E-state index in [0.717, 1.165) is 23.4 Å². The Balaban J connectivity index is 1.50. The van der Waals surface area contributed by atoms with Crippen LogP contribution in [0.5, 0.6) is 0 Å². The maximum absolute atomic E-state index is 13.1. The van der Waals surface area contributed by atoms with E-state index in [2.05, 4.69) is 10.4 Å². The van der Waals surface area contributed by atoms with Gasteiger partial charge in [-0.05, 0) is 36.2 Å². The summed E-state index contributed by atoms with van der Waals surface area (Å²) in [4.78, 5) is 23.9. The number of benzene rings is 2. The van der Waals surface area contributed by atoms with Gasteiger partial charge in [-0.2, -0.15) is 18.3 Å². The second-order valence-electron chi connectivity index (χ2n) is 6.50. The summed E-state index contributed by atoms with van der Waals surface area (Å²) in [6.07, 6.45) is -1.01. The zero-order valence-electron chi connectivity index (χ0n) is 16.0. The van der Waals surface area contributed by atoms with Gasteiger partial charge in [0.25, 0.3) is 5.91 Å². The molecule has 0 radical (unpaired) electrons. The first-order valence-electron chi connectivity index (χ1n) is 9.14. The van der Waals surface area contributed by atoms with Gasteiger partial charge in [0.1, 0.15) is 0 Å². The number of nitrogens with zero attached hydrogens (tertiary/aromatic N) is 2. The van der Waals surface area contributed by atoms with Crippen LogP contribution in [0, 0.1) is 0 Å². The van der Waals surface area contributed by atoms with Crippen molar-refractivity contribution < 1.29 is 27.5 Å². The molecule has 10 heteroatoms. The maximum atomic E-state index is 13.1. The lowest BCUT2D eigenvalue weighted by molar-refractivity contribution is -0.147. The molecule has 31 heavy (non-hydrogen) atoms. The molecule has 162 valence electrons. The Kier molecular flexibility index (Phi) is 6.96. The van der Waals surface area contributed by atoms with Crippen LogP contribution in [0.1, 0.15) is 17.5 Å². The molecule has 0 spiro atoms. The molecule has 0 aliphatic carbocycles. The Bertz CT molecular complexity index is 1070. The van der Waals surface area contributed by atoms with E-state index in [1.807, 2.05) is 30.3 Å². The minimum absolute atomic E-state index is 0.0202. The second kappa shape index (κ2) is 9.65. The fourth-order valence-electron chi connectivity index (χ4n) is 2.74. The minimum Gasteiger partial charge on any atom is -0.456 e. The monoisotopic (exact) mass is 451 g/mol. The van der Waals surface area contributed by atoms with Gasteiger partial charge >= 0.3 is 12.1 Å². The summed E-state index contributed by atoms with van der Waals surface area (Å²) in [7, 11) is 0. The van der Waals surface area contributed by atoms with Gasteiger partial charge in [0.2, 0.25) is 0 Å². The van der Waals surface area contributed by atoms with Crippen molar-refractivity contribution in [2.24, 2.45) is 0 Å². The Morgan fingerprint density at radius 1 is 1.10 bits per heavy atom. The standard InChI is InChI=1S/C21H17ClF3N3O3/c22-17-8-4-7-16(21(23,24)25)20(17)27-18(29)13-31-19(30)10-9-14-11-26-28(12-14)15-5-2-1-3-6-15/h1-8,11-12H,9-10,13H2,(H,27,29). The highest BCUT2D eigenvalue weighted by molar-refractivity contribution is 6.34.